The first kappa shape index (κ1) is 16.0. The number of guanidine groups is 1. The molecule has 1 aliphatic heterocycles. The Labute approximate surface area is 152 Å². The maximum Gasteiger partial charge on any atom is 0.195 e. The van der Waals surface area contributed by atoms with E-state index in [2.05, 4.69) is 15.6 Å². The summed E-state index contributed by atoms with van der Waals surface area (Å²) in [5.41, 5.74) is 0.970. The fourth-order valence-electron chi connectivity index (χ4n) is 2.56. The van der Waals surface area contributed by atoms with Crippen LogP contribution >= 0.6 is 0 Å². The summed E-state index contributed by atoms with van der Waals surface area (Å²) in [6.07, 6.45) is 0. The van der Waals surface area contributed by atoms with Gasteiger partial charge in [0.05, 0.1) is 6.54 Å². The molecule has 0 aromatic heterocycles. The molecule has 0 bridgehead atoms. The summed E-state index contributed by atoms with van der Waals surface area (Å²) >= 11 is 0. The van der Waals surface area contributed by atoms with Gasteiger partial charge in [0, 0.05) is 12.2 Å². The third-order valence-electron chi connectivity index (χ3n) is 3.83. The molecule has 2 N–H and O–H groups in total. The molecule has 0 saturated heterocycles. The monoisotopic (exact) mass is 345 g/mol. The highest BCUT2D eigenvalue weighted by Gasteiger charge is 2.05. The molecule has 0 fully saturated rings. The van der Waals surface area contributed by atoms with E-state index in [1.165, 1.54) is 0 Å². The number of rotatable bonds is 5. The van der Waals surface area contributed by atoms with Crippen molar-refractivity contribution in [2.45, 2.75) is 0 Å². The second-order valence-electron chi connectivity index (χ2n) is 5.80. The van der Waals surface area contributed by atoms with Crippen LogP contribution in [-0.2, 0) is 0 Å². The van der Waals surface area contributed by atoms with Crippen LogP contribution in [0.2, 0.25) is 0 Å². The molecule has 26 heavy (non-hydrogen) atoms. The highest BCUT2D eigenvalue weighted by atomic mass is 16.5. The molecular weight excluding hydrogens is 326 g/mol. The lowest BCUT2D eigenvalue weighted by atomic mass is 10.3. The fraction of sp³-hybridized carbons (Fsp3) is 0.0952. The molecule has 0 amide bonds. The lowest BCUT2D eigenvalue weighted by Crippen LogP contribution is -2.26. The van der Waals surface area contributed by atoms with Crippen LogP contribution in [0.1, 0.15) is 0 Å². The molecule has 3 aromatic rings. The van der Waals surface area contributed by atoms with E-state index in [1.807, 2.05) is 78.9 Å². The van der Waals surface area contributed by atoms with Gasteiger partial charge in [-0.2, -0.15) is 0 Å². The Balaban J connectivity index is 1.36. The van der Waals surface area contributed by atoms with Crippen LogP contribution in [0.3, 0.4) is 0 Å². The van der Waals surface area contributed by atoms with Crippen LogP contribution in [0.15, 0.2) is 83.9 Å². The normalized spacial score (nSPS) is 12.8. The molecule has 3 aromatic carbocycles. The predicted octanol–water partition coefficient (Wildman–Crippen LogP) is 4.64. The number of nitrogens with one attached hydrogen (secondary N) is 2. The fourth-order valence-corrected chi connectivity index (χ4v) is 2.56. The van der Waals surface area contributed by atoms with Crippen molar-refractivity contribution in [3.05, 3.63) is 78.9 Å². The number of para-hydroxylation sites is 1. The van der Waals surface area contributed by atoms with Gasteiger partial charge < -0.3 is 20.1 Å². The summed E-state index contributed by atoms with van der Waals surface area (Å²) in [7, 11) is 0. The third kappa shape index (κ3) is 4.13. The predicted molar refractivity (Wildman–Crippen MR) is 103 cm³/mol. The summed E-state index contributed by atoms with van der Waals surface area (Å²) in [4.78, 5) is 4.31. The van der Waals surface area contributed by atoms with Gasteiger partial charge in [0.15, 0.2) is 5.96 Å². The van der Waals surface area contributed by atoms with Crippen molar-refractivity contribution >= 4 is 11.6 Å². The Morgan fingerprint density at radius 2 is 1.23 bits per heavy atom. The van der Waals surface area contributed by atoms with Crippen LogP contribution < -0.4 is 20.1 Å². The van der Waals surface area contributed by atoms with Crippen molar-refractivity contribution in [1.82, 2.24) is 5.32 Å². The van der Waals surface area contributed by atoms with Crippen molar-refractivity contribution in [3.63, 3.8) is 0 Å². The molecule has 0 saturated carbocycles. The standard InChI is InChI=1S/C21H19N3O2/c1-2-4-17(5-3-1)25-19-10-12-20(13-11-19)26-18-8-6-16(7-9-18)24-21-22-14-15-23-21/h1-13H,14-15H2,(H2,22,23,24). The second kappa shape index (κ2) is 7.61. The molecule has 0 aliphatic carbocycles. The van der Waals surface area contributed by atoms with E-state index < -0.39 is 0 Å². The maximum atomic E-state index is 5.88. The zero-order valence-electron chi connectivity index (χ0n) is 14.2. The van der Waals surface area contributed by atoms with E-state index >= 15 is 0 Å². The summed E-state index contributed by atoms with van der Waals surface area (Å²) in [6.45, 7) is 1.70. The Kier molecular flexibility index (Phi) is 4.69. The topological polar surface area (TPSA) is 54.9 Å². The van der Waals surface area contributed by atoms with Crippen molar-refractivity contribution in [2.24, 2.45) is 4.99 Å². The average Bonchev–Trinajstić information content (AvgIpc) is 3.19. The molecule has 5 nitrogen and oxygen atoms in total. The van der Waals surface area contributed by atoms with E-state index in [4.69, 9.17) is 9.47 Å². The van der Waals surface area contributed by atoms with E-state index in [0.29, 0.717) is 0 Å². The first-order valence-electron chi connectivity index (χ1n) is 8.51. The molecular formula is C21H19N3O2. The molecule has 0 spiro atoms. The van der Waals surface area contributed by atoms with E-state index in [9.17, 15) is 0 Å². The summed E-state index contributed by atoms with van der Waals surface area (Å²) in [6, 6.07) is 25.0. The zero-order chi connectivity index (χ0) is 17.6. The molecule has 4 rings (SSSR count). The van der Waals surface area contributed by atoms with Crippen LogP contribution in [0.4, 0.5) is 5.69 Å². The van der Waals surface area contributed by atoms with Crippen LogP contribution in [0, 0.1) is 0 Å². The maximum absolute atomic E-state index is 5.88. The summed E-state index contributed by atoms with van der Waals surface area (Å²) in [5.74, 6) is 3.92. The Morgan fingerprint density at radius 1 is 0.692 bits per heavy atom. The molecule has 1 aliphatic rings. The van der Waals surface area contributed by atoms with Gasteiger partial charge in [0.25, 0.3) is 0 Å². The Morgan fingerprint density at radius 3 is 1.77 bits per heavy atom. The zero-order valence-corrected chi connectivity index (χ0v) is 14.2. The van der Waals surface area contributed by atoms with Gasteiger partial charge in [0.2, 0.25) is 0 Å². The quantitative estimate of drug-likeness (QED) is 0.707. The van der Waals surface area contributed by atoms with Crippen LogP contribution in [0.25, 0.3) is 0 Å². The van der Waals surface area contributed by atoms with Crippen molar-refractivity contribution in [1.29, 1.82) is 0 Å². The summed E-state index contributed by atoms with van der Waals surface area (Å²) in [5, 5.41) is 6.41. The molecule has 0 radical (unpaired) electrons. The van der Waals surface area contributed by atoms with Gasteiger partial charge in [-0.05, 0) is 60.7 Å². The minimum absolute atomic E-state index is 0.757. The third-order valence-corrected chi connectivity index (χ3v) is 3.83. The average molecular weight is 345 g/mol. The van der Waals surface area contributed by atoms with E-state index in [-0.39, 0.29) is 0 Å². The van der Waals surface area contributed by atoms with Crippen molar-refractivity contribution in [3.8, 4) is 23.0 Å². The van der Waals surface area contributed by atoms with Crippen molar-refractivity contribution < 1.29 is 9.47 Å². The SMILES string of the molecule is c1ccc(Oc2ccc(Oc3ccc(NC4=NCCN4)cc3)cc2)cc1. The first-order valence-corrected chi connectivity index (χ1v) is 8.51. The number of ether oxygens (including phenoxy) is 2. The van der Waals surface area contributed by atoms with Crippen LogP contribution in [-0.4, -0.2) is 19.0 Å². The number of benzene rings is 3. The lowest BCUT2D eigenvalue weighted by Gasteiger charge is -2.10. The minimum Gasteiger partial charge on any atom is -0.457 e. The number of hydrogen-bond donors (Lipinski definition) is 2. The minimum atomic E-state index is 0.757. The molecule has 0 atom stereocenters. The van der Waals surface area contributed by atoms with Gasteiger partial charge >= 0.3 is 0 Å². The number of nitrogens with zero attached hydrogens (tertiary/aromatic N) is 1. The molecule has 0 unspecified atom stereocenters. The lowest BCUT2D eigenvalue weighted by molar-refractivity contribution is 0.469. The Bertz CT molecular complexity index is 875. The molecule has 5 heteroatoms. The first-order chi connectivity index (χ1) is 12.8. The van der Waals surface area contributed by atoms with E-state index in [0.717, 1.165) is 47.7 Å². The molecule has 1 heterocycles. The van der Waals surface area contributed by atoms with Crippen molar-refractivity contribution in [2.75, 3.05) is 18.4 Å². The van der Waals surface area contributed by atoms with Gasteiger partial charge in [-0.25, -0.2) is 0 Å². The second-order valence-corrected chi connectivity index (χ2v) is 5.80. The smallest absolute Gasteiger partial charge is 0.195 e. The van der Waals surface area contributed by atoms with Crippen LogP contribution in [0.5, 0.6) is 23.0 Å². The highest BCUT2D eigenvalue weighted by molar-refractivity contribution is 5.94. The molecule has 130 valence electrons. The number of hydrogen-bond acceptors (Lipinski definition) is 5. The van der Waals surface area contributed by atoms with Gasteiger partial charge in [0.1, 0.15) is 23.0 Å². The number of aliphatic imine (C=N–C) groups is 1. The Hall–Kier alpha value is -3.47. The highest BCUT2D eigenvalue weighted by Crippen LogP contribution is 2.27. The largest absolute Gasteiger partial charge is 0.457 e. The van der Waals surface area contributed by atoms with Gasteiger partial charge in [-0.15, -0.1) is 0 Å². The van der Waals surface area contributed by atoms with E-state index in [1.54, 1.807) is 0 Å². The summed E-state index contributed by atoms with van der Waals surface area (Å²) < 4.78 is 11.7. The van der Waals surface area contributed by atoms with Gasteiger partial charge in [-0.3, -0.25) is 4.99 Å². The van der Waals surface area contributed by atoms with Gasteiger partial charge in [-0.1, -0.05) is 18.2 Å². The number of anilines is 1.